The van der Waals surface area contributed by atoms with Crippen LogP contribution < -0.4 is 0 Å². The van der Waals surface area contributed by atoms with Crippen molar-refractivity contribution in [2.24, 2.45) is 0 Å². The zero-order valence-electron chi connectivity index (χ0n) is 14.5. The first-order valence-electron chi connectivity index (χ1n) is 7.83. The van der Waals surface area contributed by atoms with Crippen LogP contribution in [0.25, 0.3) is 5.57 Å². The highest BCUT2D eigenvalue weighted by Gasteiger charge is 2.16. The summed E-state index contributed by atoms with van der Waals surface area (Å²) >= 11 is 0. The van der Waals surface area contributed by atoms with Crippen molar-refractivity contribution < 1.29 is 9.53 Å². The maximum atomic E-state index is 12.3. The fraction of sp³-hybridized carbons (Fsp3) is 0.286. The molecule has 0 bridgehead atoms. The van der Waals surface area contributed by atoms with Crippen molar-refractivity contribution in [3.8, 4) is 0 Å². The largest absolute Gasteiger partial charge is 0.457 e. The Hall–Kier alpha value is -2.35. The number of hydrogen-bond acceptors (Lipinski definition) is 2. The molecule has 0 fully saturated rings. The average molecular weight is 308 g/mol. The molecule has 0 radical (unpaired) electrons. The molecule has 0 saturated carbocycles. The average Bonchev–Trinajstić information content (AvgIpc) is 2.43. The first kappa shape index (κ1) is 17.0. The molecule has 2 heteroatoms. The summed E-state index contributed by atoms with van der Waals surface area (Å²) in [6.07, 6.45) is 1.59. The summed E-state index contributed by atoms with van der Waals surface area (Å²) in [5.41, 5.74) is 4.72. The lowest BCUT2D eigenvalue weighted by Gasteiger charge is -2.19. The van der Waals surface area contributed by atoms with Gasteiger partial charge in [0.1, 0.15) is 5.60 Å². The lowest BCUT2D eigenvalue weighted by molar-refractivity contribution is -0.148. The lowest BCUT2D eigenvalue weighted by atomic mass is 9.95. The van der Waals surface area contributed by atoms with Gasteiger partial charge in [-0.3, -0.25) is 0 Å². The summed E-state index contributed by atoms with van der Waals surface area (Å²) in [4.78, 5) is 12.3. The molecule has 0 saturated heterocycles. The van der Waals surface area contributed by atoms with E-state index in [2.05, 4.69) is 12.1 Å². The summed E-state index contributed by atoms with van der Waals surface area (Å²) in [5.74, 6) is -0.324. The van der Waals surface area contributed by atoms with Crippen LogP contribution in [-0.2, 0) is 9.53 Å². The Morgan fingerprint density at radius 3 is 1.78 bits per heavy atom. The molecule has 2 aromatic rings. The molecule has 0 amide bonds. The maximum Gasteiger partial charge on any atom is 0.331 e. The van der Waals surface area contributed by atoms with Crippen LogP contribution in [0.1, 0.15) is 43.0 Å². The van der Waals surface area contributed by atoms with Crippen molar-refractivity contribution in [2.45, 2.75) is 40.2 Å². The van der Waals surface area contributed by atoms with Crippen LogP contribution in [0.3, 0.4) is 0 Å². The van der Waals surface area contributed by atoms with Crippen LogP contribution >= 0.6 is 0 Å². The zero-order valence-corrected chi connectivity index (χ0v) is 14.5. The van der Waals surface area contributed by atoms with E-state index in [0.717, 1.165) is 27.8 Å². The molecule has 120 valence electrons. The van der Waals surface area contributed by atoms with Gasteiger partial charge in [0.25, 0.3) is 0 Å². The fourth-order valence-electron chi connectivity index (χ4n) is 2.41. The molecule has 0 aliphatic heterocycles. The molecule has 0 spiro atoms. The summed E-state index contributed by atoms with van der Waals surface area (Å²) in [6, 6.07) is 16.3. The predicted molar refractivity (Wildman–Crippen MR) is 95.3 cm³/mol. The van der Waals surface area contributed by atoms with Crippen molar-refractivity contribution in [1.82, 2.24) is 0 Å². The van der Waals surface area contributed by atoms with Crippen LogP contribution in [0.5, 0.6) is 0 Å². The molecule has 0 aromatic heterocycles. The second kappa shape index (κ2) is 6.82. The van der Waals surface area contributed by atoms with Gasteiger partial charge in [0.05, 0.1) is 0 Å². The molecule has 2 rings (SSSR count). The monoisotopic (exact) mass is 308 g/mol. The maximum absolute atomic E-state index is 12.3. The van der Waals surface area contributed by atoms with Gasteiger partial charge < -0.3 is 4.74 Å². The van der Waals surface area contributed by atoms with Crippen molar-refractivity contribution in [1.29, 1.82) is 0 Å². The number of aryl methyl sites for hydroxylation is 2. The molecule has 2 aromatic carbocycles. The van der Waals surface area contributed by atoms with E-state index in [0.29, 0.717) is 0 Å². The van der Waals surface area contributed by atoms with E-state index in [9.17, 15) is 4.79 Å². The van der Waals surface area contributed by atoms with Gasteiger partial charge in [-0.1, -0.05) is 59.7 Å². The van der Waals surface area contributed by atoms with Gasteiger partial charge >= 0.3 is 5.97 Å². The van der Waals surface area contributed by atoms with Gasteiger partial charge in [0.2, 0.25) is 0 Å². The molecule has 0 unspecified atom stereocenters. The summed E-state index contributed by atoms with van der Waals surface area (Å²) in [5, 5.41) is 0. The number of benzene rings is 2. The Balaban J connectivity index is 2.50. The highest BCUT2D eigenvalue weighted by Crippen LogP contribution is 2.25. The van der Waals surface area contributed by atoms with Crippen LogP contribution in [0, 0.1) is 13.8 Å². The summed E-state index contributed by atoms with van der Waals surface area (Å²) in [6.45, 7) is 9.71. The minimum absolute atomic E-state index is 0.324. The quantitative estimate of drug-likeness (QED) is 0.584. The smallest absolute Gasteiger partial charge is 0.331 e. The van der Waals surface area contributed by atoms with Gasteiger partial charge in [-0.2, -0.15) is 0 Å². The van der Waals surface area contributed by atoms with Crippen LogP contribution in [0.2, 0.25) is 0 Å². The Morgan fingerprint density at radius 2 is 1.39 bits per heavy atom. The molecule has 0 aliphatic rings. The third-order valence-electron chi connectivity index (χ3n) is 3.33. The van der Waals surface area contributed by atoms with Gasteiger partial charge in [-0.25, -0.2) is 4.79 Å². The van der Waals surface area contributed by atoms with Gasteiger partial charge in [0.15, 0.2) is 0 Å². The van der Waals surface area contributed by atoms with Crippen molar-refractivity contribution in [3.05, 3.63) is 76.9 Å². The SMILES string of the molecule is Cc1cccc(C(=CC(=O)OC(C)(C)C)c2cccc(C)c2)c1. The molecule has 2 nitrogen and oxygen atoms in total. The molecular formula is C21H24O2. The molecule has 0 aliphatic carbocycles. The minimum Gasteiger partial charge on any atom is -0.457 e. The highest BCUT2D eigenvalue weighted by molar-refractivity contribution is 5.96. The highest BCUT2D eigenvalue weighted by atomic mass is 16.6. The summed E-state index contributed by atoms with van der Waals surface area (Å²) < 4.78 is 5.46. The first-order chi connectivity index (χ1) is 10.7. The molecule has 0 N–H and O–H groups in total. The molecule has 0 atom stereocenters. The number of carbonyl (C=O) groups excluding carboxylic acids is 1. The molecule has 23 heavy (non-hydrogen) atoms. The number of carbonyl (C=O) groups is 1. The van der Waals surface area contributed by atoms with Crippen LogP contribution in [-0.4, -0.2) is 11.6 Å². The third-order valence-corrected chi connectivity index (χ3v) is 3.33. The van der Waals surface area contributed by atoms with E-state index in [1.807, 2.05) is 71.0 Å². The Morgan fingerprint density at radius 1 is 0.913 bits per heavy atom. The minimum atomic E-state index is -0.502. The van der Waals surface area contributed by atoms with E-state index >= 15 is 0 Å². The molecular weight excluding hydrogens is 284 g/mol. The van der Waals surface area contributed by atoms with Gasteiger partial charge in [-0.15, -0.1) is 0 Å². The van der Waals surface area contributed by atoms with Crippen molar-refractivity contribution in [3.63, 3.8) is 0 Å². The second-order valence-corrected chi connectivity index (χ2v) is 6.83. The van der Waals surface area contributed by atoms with E-state index in [-0.39, 0.29) is 5.97 Å². The second-order valence-electron chi connectivity index (χ2n) is 6.83. The normalized spacial score (nSPS) is 11.0. The number of rotatable bonds is 3. The first-order valence-corrected chi connectivity index (χ1v) is 7.83. The van der Waals surface area contributed by atoms with E-state index in [1.54, 1.807) is 6.08 Å². The number of hydrogen-bond donors (Lipinski definition) is 0. The lowest BCUT2D eigenvalue weighted by Crippen LogP contribution is -2.22. The van der Waals surface area contributed by atoms with E-state index in [4.69, 9.17) is 4.74 Å². The topological polar surface area (TPSA) is 26.3 Å². The van der Waals surface area contributed by atoms with E-state index < -0.39 is 5.60 Å². The number of esters is 1. The predicted octanol–water partition coefficient (Wildman–Crippen LogP) is 5.08. The Labute approximate surface area is 138 Å². The fourth-order valence-corrected chi connectivity index (χ4v) is 2.41. The number of ether oxygens (including phenoxy) is 1. The molecule has 0 heterocycles. The zero-order chi connectivity index (χ0) is 17.0. The van der Waals surface area contributed by atoms with Gasteiger partial charge in [-0.05, 0) is 51.3 Å². The summed E-state index contributed by atoms with van der Waals surface area (Å²) in [7, 11) is 0. The Kier molecular flexibility index (Phi) is 5.05. The standard InChI is InChI=1S/C21H24O2/c1-15-8-6-10-17(12-15)19(14-20(22)23-21(3,4)5)18-11-7-9-16(2)13-18/h6-14H,1-5H3. The van der Waals surface area contributed by atoms with Crippen molar-refractivity contribution >= 4 is 11.5 Å². The Bertz CT molecular complexity index is 686. The van der Waals surface area contributed by atoms with Crippen LogP contribution in [0.15, 0.2) is 54.6 Å². The van der Waals surface area contributed by atoms with E-state index in [1.165, 1.54) is 0 Å². The van der Waals surface area contributed by atoms with Gasteiger partial charge in [0, 0.05) is 6.08 Å². The van der Waals surface area contributed by atoms with Crippen LogP contribution in [0.4, 0.5) is 0 Å². The third kappa shape index (κ3) is 5.10. The van der Waals surface area contributed by atoms with Crippen molar-refractivity contribution in [2.75, 3.05) is 0 Å².